The van der Waals surface area contributed by atoms with E-state index in [1.54, 1.807) is 18.2 Å². The quantitative estimate of drug-likeness (QED) is 0.723. The molecule has 1 aromatic carbocycles. The maximum atomic E-state index is 13.0. The summed E-state index contributed by atoms with van der Waals surface area (Å²) in [5, 5.41) is 0.639. The number of hydrogen-bond donors (Lipinski definition) is 0. The van der Waals surface area contributed by atoms with Gasteiger partial charge in [0.25, 0.3) is 0 Å². The predicted octanol–water partition coefficient (Wildman–Crippen LogP) is 3.04. The van der Waals surface area contributed by atoms with Crippen molar-refractivity contribution in [2.24, 2.45) is 0 Å². The highest BCUT2D eigenvalue weighted by molar-refractivity contribution is 6.35. The van der Waals surface area contributed by atoms with E-state index in [9.17, 15) is 4.39 Å². The van der Waals surface area contributed by atoms with Crippen LogP contribution in [-0.4, -0.2) is 12.1 Å². The van der Waals surface area contributed by atoms with Gasteiger partial charge in [0, 0.05) is 5.39 Å². The topological polar surface area (TPSA) is 22.1 Å². The summed E-state index contributed by atoms with van der Waals surface area (Å²) in [5.74, 6) is 0.0665. The largest absolute Gasteiger partial charge is 0.494 e. The predicted molar refractivity (Wildman–Crippen MR) is 53.3 cm³/mol. The maximum absolute atomic E-state index is 13.0. The molecule has 2 aromatic rings. The van der Waals surface area contributed by atoms with Crippen LogP contribution in [0, 0.1) is 5.82 Å². The van der Waals surface area contributed by atoms with Crippen molar-refractivity contribution in [3.8, 4) is 5.75 Å². The monoisotopic (exact) mass is 211 g/mol. The van der Waals surface area contributed by atoms with E-state index in [2.05, 4.69) is 4.98 Å². The third-order valence-electron chi connectivity index (χ3n) is 1.97. The molecule has 4 heteroatoms. The van der Waals surface area contributed by atoms with Gasteiger partial charge in [-0.2, -0.15) is 0 Å². The Bertz CT molecular complexity index is 487. The highest BCUT2D eigenvalue weighted by atomic mass is 35.5. The number of hydrogen-bond acceptors (Lipinski definition) is 2. The number of halogens is 2. The Morgan fingerprint density at radius 1 is 1.43 bits per heavy atom. The highest BCUT2D eigenvalue weighted by Crippen LogP contribution is 2.29. The van der Waals surface area contributed by atoms with Gasteiger partial charge >= 0.3 is 0 Å². The zero-order chi connectivity index (χ0) is 10.1. The SMILES string of the molecule is COc1cccc2c(Cl)c(F)cnc12. The summed E-state index contributed by atoms with van der Waals surface area (Å²) in [5.41, 5.74) is 0.571. The summed E-state index contributed by atoms with van der Waals surface area (Å²) in [6.45, 7) is 0. The van der Waals surface area contributed by atoms with E-state index in [1.807, 2.05) is 0 Å². The number of para-hydroxylation sites is 1. The number of ether oxygens (including phenoxy) is 1. The van der Waals surface area contributed by atoms with Crippen molar-refractivity contribution in [1.82, 2.24) is 4.98 Å². The average molecular weight is 212 g/mol. The number of fused-ring (bicyclic) bond motifs is 1. The Balaban J connectivity index is 2.86. The lowest BCUT2D eigenvalue weighted by Gasteiger charge is -2.05. The fourth-order valence-corrected chi connectivity index (χ4v) is 1.51. The number of pyridine rings is 1. The molecule has 72 valence electrons. The van der Waals surface area contributed by atoms with Crippen molar-refractivity contribution in [2.75, 3.05) is 7.11 Å². The second-order valence-electron chi connectivity index (χ2n) is 2.78. The van der Waals surface area contributed by atoms with Crippen molar-refractivity contribution in [3.05, 3.63) is 35.2 Å². The molecule has 0 saturated carbocycles. The minimum Gasteiger partial charge on any atom is -0.494 e. The van der Waals surface area contributed by atoms with Crippen LogP contribution in [0.25, 0.3) is 10.9 Å². The van der Waals surface area contributed by atoms with E-state index in [0.717, 1.165) is 6.20 Å². The van der Waals surface area contributed by atoms with E-state index >= 15 is 0 Å². The lowest BCUT2D eigenvalue weighted by molar-refractivity contribution is 0.419. The van der Waals surface area contributed by atoms with Gasteiger partial charge in [0.2, 0.25) is 0 Å². The molecule has 0 spiro atoms. The van der Waals surface area contributed by atoms with E-state index in [4.69, 9.17) is 16.3 Å². The third kappa shape index (κ3) is 1.30. The molecule has 1 heterocycles. The summed E-state index contributed by atoms with van der Waals surface area (Å²) in [7, 11) is 1.54. The molecule has 0 amide bonds. The van der Waals surface area contributed by atoms with Crippen LogP contribution in [0.3, 0.4) is 0 Å². The molecule has 0 radical (unpaired) electrons. The maximum Gasteiger partial charge on any atom is 0.160 e. The standard InChI is InChI=1S/C10H7ClFNO/c1-14-8-4-2-3-6-9(11)7(12)5-13-10(6)8/h2-5H,1H3. The fourth-order valence-electron chi connectivity index (χ4n) is 1.30. The summed E-state index contributed by atoms with van der Waals surface area (Å²) < 4.78 is 18.1. The zero-order valence-corrected chi connectivity index (χ0v) is 8.18. The molecule has 2 nitrogen and oxygen atoms in total. The Kier molecular flexibility index (Phi) is 2.25. The molecule has 2 rings (SSSR count). The van der Waals surface area contributed by atoms with Crippen molar-refractivity contribution < 1.29 is 9.13 Å². The minimum absolute atomic E-state index is 0.0777. The molecule has 0 bridgehead atoms. The molecule has 0 fully saturated rings. The van der Waals surface area contributed by atoms with Gasteiger partial charge in [-0.3, -0.25) is 0 Å². The molecule has 0 atom stereocenters. The van der Waals surface area contributed by atoms with Crippen molar-refractivity contribution in [3.63, 3.8) is 0 Å². The third-order valence-corrected chi connectivity index (χ3v) is 2.36. The second kappa shape index (κ2) is 3.42. The summed E-state index contributed by atoms with van der Waals surface area (Å²) in [6, 6.07) is 5.20. The van der Waals surface area contributed by atoms with Gasteiger partial charge in [-0.25, -0.2) is 9.37 Å². The van der Waals surface area contributed by atoms with Gasteiger partial charge in [-0.15, -0.1) is 0 Å². The Labute approximate surface area is 85.3 Å². The molecule has 0 N–H and O–H groups in total. The highest BCUT2D eigenvalue weighted by Gasteiger charge is 2.09. The number of aromatic nitrogens is 1. The smallest absolute Gasteiger partial charge is 0.160 e. The molecule has 0 aliphatic rings. The van der Waals surface area contributed by atoms with E-state index < -0.39 is 5.82 Å². The van der Waals surface area contributed by atoms with Gasteiger partial charge in [0.15, 0.2) is 5.82 Å². The van der Waals surface area contributed by atoms with Gasteiger partial charge in [0.1, 0.15) is 11.3 Å². The molecular weight excluding hydrogens is 205 g/mol. The van der Waals surface area contributed by atoms with Crippen LogP contribution in [0.5, 0.6) is 5.75 Å². The van der Waals surface area contributed by atoms with Crippen LogP contribution in [0.1, 0.15) is 0 Å². The van der Waals surface area contributed by atoms with Crippen molar-refractivity contribution in [1.29, 1.82) is 0 Å². The van der Waals surface area contributed by atoms with Crippen molar-refractivity contribution >= 4 is 22.5 Å². The summed E-state index contributed by atoms with van der Waals surface area (Å²) in [6.07, 6.45) is 1.09. The van der Waals surface area contributed by atoms with Gasteiger partial charge in [0.05, 0.1) is 18.3 Å². The first kappa shape index (κ1) is 9.21. The van der Waals surface area contributed by atoms with Crippen LogP contribution >= 0.6 is 11.6 Å². The van der Waals surface area contributed by atoms with Gasteiger partial charge in [-0.05, 0) is 6.07 Å². The minimum atomic E-state index is -0.521. The fraction of sp³-hybridized carbons (Fsp3) is 0.100. The molecule has 0 aliphatic carbocycles. The first-order valence-corrected chi connectivity index (χ1v) is 4.38. The van der Waals surface area contributed by atoms with Crippen LogP contribution < -0.4 is 4.74 Å². The normalized spacial score (nSPS) is 10.5. The molecule has 1 aromatic heterocycles. The molecule has 0 unspecified atom stereocenters. The number of methoxy groups -OCH3 is 1. The Hall–Kier alpha value is -1.35. The average Bonchev–Trinajstić information content (AvgIpc) is 2.23. The van der Waals surface area contributed by atoms with Crippen LogP contribution in [0.4, 0.5) is 4.39 Å². The molecular formula is C10H7ClFNO. The van der Waals surface area contributed by atoms with Crippen LogP contribution in [0.2, 0.25) is 5.02 Å². The van der Waals surface area contributed by atoms with Gasteiger partial charge in [-0.1, -0.05) is 23.7 Å². The molecule has 0 saturated heterocycles. The lowest BCUT2D eigenvalue weighted by Crippen LogP contribution is -1.89. The van der Waals surface area contributed by atoms with E-state index in [-0.39, 0.29) is 5.02 Å². The summed E-state index contributed by atoms with van der Waals surface area (Å²) in [4.78, 5) is 3.93. The first-order valence-electron chi connectivity index (χ1n) is 4.00. The van der Waals surface area contributed by atoms with Crippen LogP contribution in [-0.2, 0) is 0 Å². The van der Waals surface area contributed by atoms with Crippen molar-refractivity contribution in [2.45, 2.75) is 0 Å². The number of nitrogens with zero attached hydrogens (tertiary/aromatic N) is 1. The van der Waals surface area contributed by atoms with E-state index in [0.29, 0.717) is 16.7 Å². The summed E-state index contributed by atoms with van der Waals surface area (Å²) >= 11 is 5.78. The Morgan fingerprint density at radius 2 is 2.21 bits per heavy atom. The first-order chi connectivity index (χ1) is 6.74. The van der Waals surface area contributed by atoms with Crippen LogP contribution in [0.15, 0.2) is 24.4 Å². The molecule has 14 heavy (non-hydrogen) atoms. The lowest BCUT2D eigenvalue weighted by atomic mass is 10.2. The Morgan fingerprint density at radius 3 is 2.93 bits per heavy atom. The second-order valence-corrected chi connectivity index (χ2v) is 3.15. The van der Waals surface area contributed by atoms with E-state index in [1.165, 1.54) is 7.11 Å². The molecule has 0 aliphatic heterocycles. The number of rotatable bonds is 1. The van der Waals surface area contributed by atoms with Gasteiger partial charge < -0.3 is 4.74 Å². The zero-order valence-electron chi connectivity index (χ0n) is 7.42. The number of benzene rings is 1.